The van der Waals surface area contributed by atoms with Crippen molar-refractivity contribution in [2.75, 3.05) is 7.05 Å². The summed E-state index contributed by atoms with van der Waals surface area (Å²) in [6, 6.07) is 6.63. The highest BCUT2D eigenvalue weighted by molar-refractivity contribution is 8.31. The Labute approximate surface area is 158 Å². The molecule has 3 fully saturated rings. The van der Waals surface area contributed by atoms with Crippen LogP contribution in [0.1, 0.15) is 31.9 Å². The minimum Gasteiger partial charge on any atom is -0.320 e. The van der Waals surface area contributed by atoms with Crippen molar-refractivity contribution >= 4 is 44.1 Å². The number of carbonyl (C=O) groups is 2. The van der Waals surface area contributed by atoms with Gasteiger partial charge in [-0.2, -0.15) is 0 Å². The fourth-order valence-electron chi connectivity index (χ4n) is 4.46. The van der Waals surface area contributed by atoms with Gasteiger partial charge in [0.2, 0.25) is 0 Å². The van der Waals surface area contributed by atoms with Gasteiger partial charge in [-0.3, -0.25) is 9.59 Å². The second kappa shape index (κ2) is 4.81. The van der Waals surface area contributed by atoms with Gasteiger partial charge >= 0.3 is 0 Å². The van der Waals surface area contributed by atoms with Gasteiger partial charge in [-0.15, -0.1) is 0 Å². The van der Waals surface area contributed by atoms with Gasteiger partial charge < -0.3 is 14.6 Å². The molecule has 0 radical (unpaired) electrons. The Bertz CT molecular complexity index is 898. The molecule has 1 aromatic carbocycles. The Kier molecular flexibility index (Phi) is 3.26. The van der Waals surface area contributed by atoms with Crippen molar-refractivity contribution in [2.45, 2.75) is 41.6 Å². The first-order valence-electron chi connectivity index (χ1n) is 7.83. The largest absolute Gasteiger partial charge is 0.320 e. The van der Waals surface area contributed by atoms with E-state index in [0.717, 1.165) is 5.56 Å². The molecular weight excluding hydrogens is 378 g/mol. The molecule has 1 spiro atoms. The third-order valence-electron chi connectivity index (χ3n) is 5.84. The zero-order valence-electron chi connectivity index (χ0n) is 13.9. The van der Waals surface area contributed by atoms with E-state index in [1.807, 2.05) is 19.1 Å². The molecule has 0 saturated carbocycles. The number of fused-ring (bicyclic) bond motifs is 1. The summed E-state index contributed by atoms with van der Waals surface area (Å²) in [5.74, 6) is -0.292. The third kappa shape index (κ3) is 1.66. The lowest BCUT2D eigenvalue weighted by Crippen LogP contribution is -2.60. The van der Waals surface area contributed by atoms with Crippen LogP contribution in [0.4, 0.5) is 0 Å². The zero-order valence-corrected chi connectivity index (χ0v) is 16.3. The van der Waals surface area contributed by atoms with Crippen LogP contribution in [0.5, 0.6) is 0 Å². The Morgan fingerprint density at radius 1 is 1.28 bits per heavy atom. The van der Waals surface area contributed by atoms with Gasteiger partial charge in [0.05, 0.1) is 6.42 Å². The van der Waals surface area contributed by atoms with E-state index >= 15 is 0 Å². The van der Waals surface area contributed by atoms with Gasteiger partial charge in [-0.05, 0) is 45.3 Å². The molecule has 4 rings (SSSR count). The van der Waals surface area contributed by atoms with Crippen LogP contribution in [0, 0.1) is 6.57 Å². The molecule has 1 aromatic rings. The highest BCUT2D eigenvalue weighted by atomic mass is 35.5. The molecule has 2 bridgehead atoms. The van der Waals surface area contributed by atoms with Crippen molar-refractivity contribution in [3.05, 3.63) is 46.3 Å². The summed E-state index contributed by atoms with van der Waals surface area (Å²) in [5, 5.41) is 0.584. The third-order valence-corrected chi connectivity index (χ3v) is 10.2. The molecule has 3 aliphatic rings. The number of halogens is 1. The van der Waals surface area contributed by atoms with E-state index < -0.39 is 30.8 Å². The molecule has 0 aromatic heterocycles. The van der Waals surface area contributed by atoms with Gasteiger partial charge in [-0.1, -0.05) is 23.7 Å². The lowest BCUT2D eigenvalue weighted by Gasteiger charge is -2.38. The van der Waals surface area contributed by atoms with E-state index in [4.69, 9.17) is 29.4 Å². The SMILES string of the molecule is [C-]#[N+][C@@]1(C)C[C@]23C(=O)N(C)[C@](C)(C(=O)N2C1c1ccc(Cl)cc1)S3=S. The van der Waals surface area contributed by atoms with Crippen molar-refractivity contribution in [2.24, 2.45) is 0 Å². The molecule has 0 N–H and O–H groups in total. The highest BCUT2D eigenvalue weighted by Gasteiger charge is 2.82. The maximum atomic E-state index is 13.3. The van der Waals surface area contributed by atoms with Crippen LogP contribution in [-0.4, -0.2) is 43.9 Å². The summed E-state index contributed by atoms with van der Waals surface area (Å²) in [7, 11) is 0.729. The summed E-state index contributed by atoms with van der Waals surface area (Å²) in [4.78, 5) is 31.3. The average Bonchev–Trinajstić information content (AvgIpc) is 3.02. The minimum absolute atomic E-state index is 0.140. The lowest BCUT2D eigenvalue weighted by molar-refractivity contribution is -0.159. The molecule has 5 nitrogen and oxygen atoms in total. The van der Waals surface area contributed by atoms with Crippen LogP contribution in [0.2, 0.25) is 5.02 Å². The summed E-state index contributed by atoms with van der Waals surface area (Å²) < 4.78 is 0. The summed E-state index contributed by atoms with van der Waals surface area (Å²) in [5.41, 5.74) is -0.0952. The number of carbonyl (C=O) groups excluding carboxylic acids is 2. The van der Waals surface area contributed by atoms with Gasteiger partial charge in [0, 0.05) is 19.0 Å². The first-order chi connectivity index (χ1) is 11.6. The predicted molar refractivity (Wildman–Crippen MR) is 99.3 cm³/mol. The Morgan fingerprint density at radius 3 is 2.44 bits per heavy atom. The smallest absolute Gasteiger partial charge is 0.261 e. The molecular formula is C17H16ClN3O2S2. The first kappa shape index (κ1) is 17.0. The van der Waals surface area contributed by atoms with Crippen LogP contribution in [-0.2, 0) is 30.2 Å². The van der Waals surface area contributed by atoms with E-state index in [-0.39, 0.29) is 18.2 Å². The van der Waals surface area contributed by atoms with Crippen LogP contribution >= 0.6 is 11.6 Å². The van der Waals surface area contributed by atoms with Crippen molar-refractivity contribution in [1.82, 2.24) is 9.80 Å². The Balaban J connectivity index is 1.97. The summed E-state index contributed by atoms with van der Waals surface area (Å²) >= 11 is 11.7. The number of nitrogens with zero attached hydrogens (tertiary/aromatic N) is 3. The number of benzene rings is 1. The number of amides is 2. The van der Waals surface area contributed by atoms with Crippen molar-refractivity contribution < 1.29 is 9.59 Å². The average molecular weight is 394 g/mol. The summed E-state index contributed by atoms with van der Waals surface area (Å²) in [6.07, 6.45) is 0.272. The van der Waals surface area contributed by atoms with Crippen molar-refractivity contribution in [3.63, 3.8) is 0 Å². The van der Waals surface area contributed by atoms with E-state index in [9.17, 15) is 9.59 Å². The molecule has 130 valence electrons. The predicted octanol–water partition coefficient (Wildman–Crippen LogP) is 2.27. The van der Waals surface area contributed by atoms with E-state index in [1.165, 1.54) is 4.90 Å². The quantitative estimate of drug-likeness (QED) is 0.687. The molecule has 3 heterocycles. The molecule has 2 amide bonds. The highest BCUT2D eigenvalue weighted by Crippen LogP contribution is 2.63. The minimum atomic E-state index is -1.08. The number of likely N-dealkylation sites (N-methyl/N-ethyl adjacent to an activating group) is 1. The van der Waals surface area contributed by atoms with Gasteiger partial charge in [0.1, 0.15) is 6.04 Å². The van der Waals surface area contributed by atoms with Gasteiger partial charge in [0.15, 0.2) is 9.74 Å². The number of piperazine rings is 1. The molecule has 5 atom stereocenters. The van der Waals surface area contributed by atoms with E-state index in [1.54, 1.807) is 31.0 Å². The van der Waals surface area contributed by atoms with Crippen LogP contribution in [0.25, 0.3) is 4.85 Å². The maximum Gasteiger partial charge on any atom is 0.261 e. The molecule has 3 saturated heterocycles. The number of hydrogen-bond acceptors (Lipinski definition) is 3. The normalized spacial score (nSPS) is 42.0. The second-order valence-corrected chi connectivity index (χ2v) is 10.6. The van der Waals surface area contributed by atoms with Gasteiger partial charge in [-0.25, -0.2) is 6.57 Å². The molecule has 0 aliphatic carbocycles. The molecule has 2 unspecified atom stereocenters. The lowest BCUT2D eigenvalue weighted by atomic mass is 9.87. The number of rotatable bonds is 1. The summed E-state index contributed by atoms with van der Waals surface area (Å²) in [6.45, 7) is 11.3. The van der Waals surface area contributed by atoms with Crippen LogP contribution in [0.15, 0.2) is 24.3 Å². The Morgan fingerprint density at radius 2 is 1.88 bits per heavy atom. The van der Waals surface area contributed by atoms with Crippen molar-refractivity contribution in [3.8, 4) is 0 Å². The van der Waals surface area contributed by atoms with Crippen molar-refractivity contribution in [1.29, 1.82) is 0 Å². The molecule has 25 heavy (non-hydrogen) atoms. The second-order valence-electron chi connectivity index (χ2n) is 7.18. The number of hydrogen-bond donors (Lipinski definition) is 0. The van der Waals surface area contributed by atoms with E-state index in [0.29, 0.717) is 5.02 Å². The van der Waals surface area contributed by atoms with Crippen LogP contribution in [0.3, 0.4) is 0 Å². The van der Waals surface area contributed by atoms with Gasteiger partial charge in [0.25, 0.3) is 17.4 Å². The molecule has 3 aliphatic heterocycles. The standard InChI is InChI=1S/C17H16ClN3O2S2/c1-15(19-3)9-17-14(23)20(4)16(2,25(17)24)13(22)21(17)12(15)10-5-7-11(18)8-6-10/h5-8,12H,9H2,1-2,4H3/t12?,15-,16-,17-,25?/m0/s1. The molecule has 8 heteroatoms. The fourth-order valence-corrected chi connectivity index (χ4v) is 8.10. The van der Waals surface area contributed by atoms with Crippen LogP contribution < -0.4 is 0 Å². The monoisotopic (exact) mass is 393 g/mol. The zero-order chi connectivity index (χ0) is 18.4. The Hall–Kier alpha value is -1.49. The first-order valence-corrected chi connectivity index (χ1v) is 10.4. The fraction of sp³-hybridized carbons (Fsp3) is 0.471. The topological polar surface area (TPSA) is 45.0 Å². The van der Waals surface area contributed by atoms with E-state index in [2.05, 4.69) is 4.85 Å². The maximum absolute atomic E-state index is 13.3.